The average Bonchev–Trinajstić information content (AvgIpc) is 3.54. The van der Waals surface area contributed by atoms with E-state index in [9.17, 15) is 4.79 Å². The molecule has 0 fully saturated rings. The normalized spacial score (nSPS) is 12.4. The number of hydrogen-bond acceptors (Lipinski definition) is 10. The molecule has 0 unspecified atom stereocenters. The molecule has 3 N–H and O–H groups in total. The number of imidazole rings is 1. The summed E-state index contributed by atoms with van der Waals surface area (Å²) in [6.07, 6.45) is 3.60. The molecule has 1 aromatic carbocycles. The van der Waals surface area contributed by atoms with Gasteiger partial charge in [-0.2, -0.15) is 0 Å². The Labute approximate surface area is 191 Å². The standard InChI is InChI=1S/C20H19N7O3S2/c1-2-15(28)22-3-5-27-18-16(17(21)24-9-25-18)26-20(27)32-14-8-13-12(29-10-30-13)7-11(14)19-23-4-6-31-19/h4,6-9H,2-3,5,10H2,1H3,(H,22,28)(H2,21,24,25). The van der Waals surface area contributed by atoms with Crippen molar-refractivity contribution in [2.24, 2.45) is 0 Å². The van der Waals surface area contributed by atoms with E-state index in [0.29, 0.717) is 53.1 Å². The van der Waals surface area contributed by atoms with Crippen LogP contribution < -0.4 is 20.5 Å². The number of rotatable bonds is 7. The van der Waals surface area contributed by atoms with Crippen LogP contribution in [0.25, 0.3) is 21.7 Å². The zero-order valence-corrected chi connectivity index (χ0v) is 18.7. The number of hydrogen-bond donors (Lipinski definition) is 2. The topological polar surface area (TPSA) is 130 Å². The molecule has 0 atom stereocenters. The number of fused-ring (bicyclic) bond motifs is 2. The number of thiazole rings is 1. The highest BCUT2D eigenvalue weighted by atomic mass is 32.2. The van der Waals surface area contributed by atoms with Crippen molar-refractivity contribution in [3.05, 3.63) is 30.0 Å². The second-order valence-electron chi connectivity index (χ2n) is 6.82. The molecule has 10 nitrogen and oxygen atoms in total. The van der Waals surface area contributed by atoms with Crippen LogP contribution in [0.15, 0.2) is 40.1 Å². The number of amides is 1. The van der Waals surface area contributed by atoms with Crippen molar-refractivity contribution in [2.45, 2.75) is 29.9 Å². The third-order valence-corrected chi connectivity index (χ3v) is 6.70. The maximum Gasteiger partial charge on any atom is 0.231 e. The molecule has 1 amide bonds. The molecule has 4 aromatic rings. The molecule has 0 bridgehead atoms. The van der Waals surface area contributed by atoms with Crippen LogP contribution in [0, 0.1) is 0 Å². The SMILES string of the molecule is CCC(=O)NCCn1c(Sc2cc3c(cc2-c2nccs2)OCO3)nc2c(N)ncnc21. The summed E-state index contributed by atoms with van der Waals surface area (Å²) in [5.74, 6) is 1.65. The molecule has 3 aromatic heterocycles. The molecule has 4 heterocycles. The summed E-state index contributed by atoms with van der Waals surface area (Å²) in [6, 6.07) is 3.87. The predicted molar refractivity (Wildman–Crippen MR) is 121 cm³/mol. The Morgan fingerprint density at radius 3 is 2.91 bits per heavy atom. The number of nitrogens with one attached hydrogen (secondary N) is 1. The van der Waals surface area contributed by atoms with Gasteiger partial charge in [0.05, 0.1) is 0 Å². The smallest absolute Gasteiger partial charge is 0.231 e. The van der Waals surface area contributed by atoms with Gasteiger partial charge in [0, 0.05) is 41.5 Å². The van der Waals surface area contributed by atoms with Crippen molar-refractivity contribution in [2.75, 3.05) is 19.1 Å². The summed E-state index contributed by atoms with van der Waals surface area (Å²) in [5, 5.41) is 6.36. The summed E-state index contributed by atoms with van der Waals surface area (Å²) in [4.78, 5) is 30.2. The van der Waals surface area contributed by atoms with E-state index in [1.165, 1.54) is 29.4 Å². The first-order chi connectivity index (χ1) is 15.6. The van der Waals surface area contributed by atoms with Gasteiger partial charge >= 0.3 is 0 Å². The predicted octanol–water partition coefficient (Wildman–Crippen LogP) is 2.94. The van der Waals surface area contributed by atoms with Crippen LogP contribution in [0.2, 0.25) is 0 Å². The molecule has 1 aliphatic rings. The summed E-state index contributed by atoms with van der Waals surface area (Å²) >= 11 is 2.99. The lowest BCUT2D eigenvalue weighted by Gasteiger charge is -2.11. The molecule has 5 rings (SSSR count). The van der Waals surface area contributed by atoms with E-state index in [2.05, 4.69) is 20.3 Å². The van der Waals surface area contributed by atoms with Gasteiger partial charge in [-0.05, 0) is 12.1 Å². The number of anilines is 1. The van der Waals surface area contributed by atoms with Crippen LogP contribution in [0.3, 0.4) is 0 Å². The van der Waals surface area contributed by atoms with Crippen LogP contribution in [-0.4, -0.2) is 43.7 Å². The summed E-state index contributed by atoms with van der Waals surface area (Å²) in [6.45, 7) is 2.92. The number of nitrogen functional groups attached to an aromatic ring is 1. The maximum atomic E-state index is 11.7. The molecule has 0 radical (unpaired) electrons. The van der Waals surface area contributed by atoms with Crippen molar-refractivity contribution >= 4 is 46.0 Å². The fraction of sp³-hybridized carbons (Fsp3) is 0.250. The number of ether oxygens (including phenoxy) is 2. The Morgan fingerprint density at radius 2 is 2.12 bits per heavy atom. The van der Waals surface area contributed by atoms with E-state index >= 15 is 0 Å². The van der Waals surface area contributed by atoms with Gasteiger partial charge < -0.3 is 25.1 Å². The van der Waals surface area contributed by atoms with Gasteiger partial charge in [-0.1, -0.05) is 18.7 Å². The first kappa shape index (κ1) is 20.5. The Balaban J connectivity index is 1.56. The Kier molecular flexibility index (Phi) is 5.53. The van der Waals surface area contributed by atoms with Gasteiger partial charge in [0.1, 0.15) is 11.3 Å². The van der Waals surface area contributed by atoms with Crippen molar-refractivity contribution in [3.8, 4) is 22.1 Å². The monoisotopic (exact) mass is 469 g/mol. The highest BCUT2D eigenvalue weighted by Crippen LogP contribution is 2.45. The first-order valence-corrected chi connectivity index (χ1v) is 11.6. The van der Waals surface area contributed by atoms with Gasteiger partial charge in [0.2, 0.25) is 12.7 Å². The number of nitrogens with two attached hydrogens (primary N) is 1. The van der Waals surface area contributed by atoms with Crippen molar-refractivity contribution in [3.63, 3.8) is 0 Å². The summed E-state index contributed by atoms with van der Waals surface area (Å²) in [5.41, 5.74) is 8.12. The summed E-state index contributed by atoms with van der Waals surface area (Å²) in [7, 11) is 0. The molecule has 164 valence electrons. The Morgan fingerprint density at radius 1 is 1.28 bits per heavy atom. The Hall–Kier alpha value is -3.38. The second-order valence-corrected chi connectivity index (χ2v) is 8.73. The number of benzene rings is 1. The van der Waals surface area contributed by atoms with Crippen molar-refractivity contribution in [1.82, 2.24) is 29.8 Å². The number of carbonyl (C=O) groups excluding carboxylic acids is 1. The zero-order chi connectivity index (χ0) is 22.1. The van der Waals surface area contributed by atoms with E-state index in [4.69, 9.17) is 20.2 Å². The van der Waals surface area contributed by atoms with Crippen molar-refractivity contribution in [1.29, 1.82) is 0 Å². The Bertz CT molecular complexity index is 1290. The van der Waals surface area contributed by atoms with E-state index in [0.717, 1.165) is 15.5 Å². The molecule has 1 aliphatic heterocycles. The highest BCUT2D eigenvalue weighted by molar-refractivity contribution is 7.99. The minimum atomic E-state index is -0.0143. The molecular formula is C20H19N7O3S2. The molecular weight excluding hydrogens is 450 g/mol. The van der Waals surface area contributed by atoms with Crippen LogP contribution in [-0.2, 0) is 11.3 Å². The third-order valence-electron chi connectivity index (χ3n) is 4.84. The number of aromatic nitrogens is 5. The van der Waals surface area contributed by atoms with Crippen LogP contribution >= 0.6 is 23.1 Å². The highest BCUT2D eigenvalue weighted by Gasteiger charge is 2.23. The number of nitrogens with zero attached hydrogens (tertiary/aromatic N) is 5. The van der Waals surface area contributed by atoms with E-state index in [1.54, 1.807) is 6.20 Å². The van der Waals surface area contributed by atoms with Crippen LogP contribution in [0.4, 0.5) is 5.82 Å². The van der Waals surface area contributed by atoms with Gasteiger partial charge in [0.25, 0.3) is 0 Å². The third kappa shape index (κ3) is 3.82. The van der Waals surface area contributed by atoms with E-state index in [-0.39, 0.29) is 12.7 Å². The summed E-state index contributed by atoms with van der Waals surface area (Å²) < 4.78 is 13.1. The van der Waals surface area contributed by atoms with Gasteiger partial charge in [-0.15, -0.1) is 11.3 Å². The largest absolute Gasteiger partial charge is 0.454 e. The molecule has 0 saturated heterocycles. The minimum absolute atomic E-state index is 0.0143. The zero-order valence-electron chi connectivity index (χ0n) is 17.1. The lowest BCUT2D eigenvalue weighted by molar-refractivity contribution is -0.120. The van der Waals surface area contributed by atoms with Crippen molar-refractivity contribution < 1.29 is 14.3 Å². The van der Waals surface area contributed by atoms with Gasteiger partial charge in [-0.25, -0.2) is 19.9 Å². The quantitative estimate of drug-likeness (QED) is 0.419. The fourth-order valence-corrected chi connectivity index (χ4v) is 5.06. The lowest BCUT2D eigenvalue weighted by atomic mass is 10.2. The second kappa shape index (κ2) is 8.63. The van der Waals surface area contributed by atoms with Gasteiger partial charge in [-0.3, -0.25) is 4.79 Å². The minimum Gasteiger partial charge on any atom is -0.454 e. The molecule has 0 aliphatic carbocycles. The molecule has 12 heteroatoms. The van der Waals surface area contributed by atoms with Crippen LogP contribution in [0.5, 0.6) is 11.5 Å². The molecule has 0 spiro atoms. The van der Waals surface area contributed by atoms with E-state index < -0.39 is 0 Å². The maximum absolute atomic E-state index is 11.7. The number of carbonyl (C=O) groups is 1. The lowest BCUT2D eigenvalue weighted by Crippen LogP contribution is -2.26. The molecule has 0 saturated carbocycles. The van der Waals surface area contributed by atoms with E-state index in [1.807, 2.05) is 29.0 Å². The average molecular weight is 470 g/mol. The van der Waals surface area contributed by atoms with Crippen LogP contribution in [0.1, 0.15) is 13.3 Å². The van der Waals surface area contributed by atoms with Gasteiger partial charge in [0.15, 0.2) is 33.6 Å². The molecule has 32 heavy (non-hydrogen) atoms. The first-order valence-electron chi connectivity index (χ1n) is 9.88. The fourth-order valence-electron chi connectivity index (χ4n) is 3.28.